The van der Waals surface area contributed by atoms with Gasteiger partial charge in [-0.3, -0.25) is 9.59 Å². The minimum atomic E-state index is -0.0120. The van der Waals surface area contributed by atoms with Crippen LogP contribution < -0.4 is 0 Å². The highest BCUT2D eigenvalue weighted by atomic mass is 32.1. The first-order chi connectivity index (χ1) is 11.2. The van der Waals surface area contributed by atoms with Crippen LogP contribution in [0.4, 0.5) is 0 Å². The Hall–Kier alpha value is -1.36. The molecular weight excluding hydrogens is 308 g/mol. The van der Waals surface area contributed by atoms with E-state index >= 15 is 0 Å². The van der Waals surface area contributed by atoms with E-state index in [9.17, 15) is 9.59 Å². The highest BCUT2D eigenvalue weighted by Gasteiger charge is 2.40. The van der Waals surface area contributed by atoms with Crippen molar-refractivity contribution < 1.29 is 9.59 Å². The largest absolute Gasteiger partial charge is 0.345 e. The van der Waals surface area contributed by atoms with E-state index in [1.165, 1.54) is 11.3 Å². The maximum Gasteiger partial charge on any atom is 0.264 e. The van der Waals surface area contributed by atoms with E-state index in [0.717, 1.165) is 62.9 Å². The molecular formula is C18H26N2O2S. The first-order valence-electron chi connectivity index (χ1n) is 8.78. The molecule has 0 aromatic carbocycles. The highest BCUT2D eigenvalue weighted by Crippen LogP contribution is 2.33. The van der Waals surface area contributed by atoms with Crippen molar-refractivity contribution in [1.82, 2.24) is 9.80 Å². The summed E-state index contributed by atoms with van der Waals surface area (Å²) in [6, 6.07) is 3.91. The van der Waals surface area contributed by atoms with Crippen molar-refractivity contribution in [3.63, 3.8) is 0 Å². The molecule has 1 saturated carbocycles. The van der Waals surface area contributed by atoms with E-state index in [4.69, 9.17) is 0 Å². The van der Waals surface area contributed by atoms with Gasteiger partial charge in [0.1, 0.15) is 0 Å². The molecule has 2 unspecified atom stereocenters. The summed E-state index contributed by atoms with van der Waals surface area (Å²) in [7, 11) is 1.92. The number of rotatable bonds is 1. The summed E-state index contributed by atoms with van der Waals surface area (Å²) in [5.41, 5.74) is 0. The lowest BCUT2D eigenvalue weighted by Crippen LogP contribution is -2.47. The van der Waals surface area contributed by atoms with Crippen LogP contribution in [0.25, 0.3) is 0 Å². The maximum absolute atomic E-state index is 13.0. The number of hydrogen-bond donors (Lipinski definition) is 0. The van der Waals surface area contributed by atoms with Crippen LogP contribution >= 0.6 is 11.3 Å². The number of fused-ring (bicyclic) bond motifs is 1. The minimum absolute atomic E-state index is 0.0120. The summed E-state index contributed by atoms with van der Waals surface area (Å²) in [6.45, 7) is 1.63. The fourth-order valence-corrected chi connectivity index (χ4v) is 4.62. The zero-order valence-electron chi connectivity index (χ0n) is 13.9. The molecule has 126 valence electrons. The Balaban J connectivity index is 1.85. The van der Waals surface area contributed by atoms with Gasteiger partial charge in [0.25, 0.3) is 5.91 Å². The van der Waals surface area contributed by atoms with Crippen molar-refractivity contribution in [3.8, 4) is 0 Å². The highest BCUT2D eigenvalue weighted by molar-refractivity contribution is 7.12. The monoisotopic (exact) mass is 334 g/mol. The van der Waals surface area contributed by atoms with Crippen LogP contribution in [0.5, 0.6) is 0 Å². The Morgan fingerprint density at radius 3 is 2.65 bits per heavy atom. The first kappa shape index (κ1) is 16.5. The van der Waals surface area contributed by atoms with Crippen molar-refractivity contribution in [1.29, 1.82) is 0 Å². The lowest BCUT2D eigenvalue weighted by molar-refractivity contribution is -0.135. The molecule has 1 aromatic rings. The number of carbonyl (C=O) groups is 2. The van der Waals surface area contributed by atoms with Crippen LogP contribution in [0.1, 0.15) is 54.6 Å². The summed E-state index contributed by atoms with van der Waals surface area (Å²) in [4.78, 5) is 30.5. The number of thiophene rings is 1. The fraction of sp³-hybridized carbons (Fsp3) is 0.667. The second kappa shape index (κ2) is 7.47. The predicted octanol–water partition coefficient (Wildman–Crippen LogP) is 3.39. The third-order valence-corrected chi connectivity index (χ3v) is 6.07. The van der Waals surface area contributed by atoms with Gasteiger partial charge in [-0.1, -0.05) is 25.3 Å². The van der Waals surface area contributed by atoms with E-state index < -0.39 is 0 Å². The van der Waals surface area contributed by atoms with E-state index in [0.29, 0.717) is 0 Å². The molecule has 2 amide bonds. The molecule has 2 atom stereocenters. The average molecular weight is 334 g/mol. The molecule has 1 saturated heterocycles. The molecule has 3 rings (SSSR count). The smallest absolute Gasteiger partial charge is 0.264 e. The van der Waals surface area contributed by atoms with Gasteiger partial charge >= 0.3 is 0 Å². The van der Waals surface area contributed by atoms with E-state index in [1.807, 2.05) is 34.4 Å². The second-order valence-electron chi connectivity index (χ2n) is 6.75. The molecule has 0 bridgehead atoms. The van der Waals surface area contributed by atoms with E-state index in [-0.39, 0.29) is 23.8 Å². The molecule has 0 spiro atoms. The third-order valence-electron chi connectivity index (χ3n) is 5.21. The first-order valence-corrected chi connectivity index (χ1v) is 9.66. The quantitative estimate of drug-likeness (QED) is 0.790. The zero-order chi connectivity index (χ0) is 16.2. The van der Waals surface area contributed by atoms with Gasteiger partial charge in [0.2, 0.25) is 5.91 Å². The number of carbonyl (C=O) groups excluding carboxylic acids is 2. The molecule has 2 aliphatic rings. The van der Waals surface area contributed by atoms with Crippen LogP contribution in [-0.4, -0.2) is 47.8 Å². The molecule has 5 heteroatoms. The Labute approximate surface area is 142 Å². The van der Waals surface area contributed by atoms with Crippen LogP contribution in [0.3, 0.4) is 0 Å². The Kier molecular flexibility index (Phi) is 5.36. The van der Waals surface area contributed by atoms with Gasteiger partial charge < -0.3 is 9.80 Å². The molecule has 1 aliphatic carbocycles. The predicted molar refractivity (Wildman–Crippen MR) is 92.6 cm³/mol. The van der Waals surface area contributed by atoms with Gasteiger partial charge in [0.05, 0.1) is 10.8 Å². The number of nitrogens with zero attached hydrogens (tertiary/aromatic N) is 2. The molecule has 0 N–H and O–H groups in total. The molecule has 1 aromatic heterocycles. The van der Waals surface area contributed by atoms with Crippen molar-refractivity contribution in [3.05, 3.63) is 22.4 Å². The minimum Gasteiger partial charge on any atom is -0.345 e. The topological polar surface area (TPSA) is 40.6 Å². The van der Waals surface area contributed by atoms with Gasteiger partial charge in [0.15, 0.2) is 0 Å². The van der Waals surface area contributed by atoms with Crippen molar-refractivity contribution >= 4 is 23.2 Å². The lowest BCUT2D eigenvalue weighted by atomic mass is 9.99. The van der Waals surface area contributed by atoms with Crippen molar-refractivity contribution in [2.24, 2.45) is 5.92 Å². The van der Waals surface area contributed by atoms with Crippen molar-refractivity contribution in [2.75, 3.05) is 20.1 Å². The second-order valence-corrected chi connectivity index (χ2v) is 7.70. The van der Waals surface area contributed by atoms with Gasteiger partial charge in [-0.25, -0.2) is 0 Å². The SMILES string of the molecule is CN1CCCCCCN(C(=O)c2cccs2)C2CCCC2C1=O. The molecule has 2 fully saturated rings. The van der Waals surface area contributed by atoms with Crippen LogP contribution in [-0.2, 0) is 4.79 Å². The Bertz CT molecular complexity index is 543. The summed E-state index contributed by atoms with van der Waals surface area (Å²) < 4.78 is 0. The molecule has 1 aliphatic heterocycles. The summed E-state index contributed by atoms with van der Waals surface area (Å²) in [5.74, 6) is 0.340. The molecule has 0 radical (unpaired) electrons. The zero-order valence-corrected chi connectivity index (χ0v) is 14.7. The van der Waals surface area contributed by atoms with Crippen LogP contribution in [0.15, 0.2) is 17.5 Å². The van der Waals surface area contributed by atoms with Crippen LogP contribution in [0, 0.1) is 5.92 Å². The van der Waals surface area contributed by atoms with Crippen LogP contribution in [0.2, 0.25) is 0 Å². The van der Waals surface area contributed by atoms with E-state index in [2.05, 4.69) is 0 Å². The van der Waals surface area contributed by atoms with Crippen molar-refractivity contribution in [2.45, 2.75) is 51.0 Å². The molecule has 23 heavy (non-hydrogen) atoms. The van der Waals surface area contributed by atoms with Gasteiger partial charge in [-0.05, 0) is 37.1 Å². The van der Waals surface area contributed by atoms with Gasteiger partial charge in [-0.2, -0.15) is 0 Å². The fourth-order valence-electron chi connectivity index (χ4n) is 3.94. The summed E-state index contributed by atoms with van der Waals surface area (Å²) in [5, 5.41) is 1.95. The normalized spacial score (nSPS) is 26.7. The summed E-state index contributed by atoms with van der Waals surface area (Å²) >= 11 is 1.50. The molecule has 2 heterocycles. The van der Waals surface area contributed by atoms with E-state index in [1.54, 1.807) is 0 Å². The van der Waals surface area contributed by atoms with Gasteiger partial charge in [-0.15, -0.1) is 11.3 Å². The summed E-state index contributed by atoms with van der Waals surface area (Å²) in [6.07, 6.45) is 7.30. The third kappa shape index (κ3) is 3.60. The Morgan fingerprint density at radius 2 is 1.91 bits per heavy atom. The Morgan fingerprint density at radius 1 is 1.13 bits per heavy atom. The molecule has 4 nitrogen and oxygen atoms in total. The lowest BCUT2D eigenvalue weighted by Gasteiger charge is -2.33. The average Bonchev–Trinajstić information content (AvgIpc) is 3.23. The number of hydrogen-bond acceptors (Lipinski definition) is 3. The maximum atomic E-state index is 13.0. The standard InChI is InChI=1S/C18H26N2O2S/c1-19-11-4-2-3-5-12-20(18(22)16-10-7-13-23-16)15-9-6-8-14(15)17(19)21/h7,10,13-15H,2-6,8-9,11-12H2,1H3. The number of amides is 2. The van der Waals surface area contributed by atoms with Gasteiger partial charge in [0, 0.05) is 26.2 Å².